The van der Waals surface area contributed by atoms with Crippen LogP contribution in [0.2, 0.25) is 0 Å². The molecule has 1 fully saturated rings. The second-order valence-electron chi connectivity index (χ2n) is 5.63. The summed E-state index contributed by atoms with van der Waals surface area (Å²) >= 11 is 0. The third-order valence-corrected chi connectivity index (χ3v) is 3.55. The number of hydrogen-bond donors (Lipinski definition) is 3. The molecule has 1 aliphatic carbocycles. The third kappa shape index (κ3) is 4.38. The van der Waals surface area contributed by atoms with Gasteiger partial charge < -0.3 is 16.2 Å². The summed E-state index contributed by atoms with van der Waals surface area (Å²) in [4.78, 5) is 22.4. The largest absolute Gasteiger partial charge is 0.475 e. The SMILES string of the molecule is CC(C)C[C@H](NC1CCC(CN)C1)C(=O)C(=O)O. The zero-order chi connectivity index (χ0) is 13.7. The predicted molar refractivity (Wildman–Crippen MR) is 69.2 cm³/mol. The Morgan fingerprint density at radius 2 is 2.06 bits per heavy atom. The lowest BCUT2D eigenvalue weighted by Gasteiger charge is -2.22. The van der Waals surface area contributed by atoms with E-state index in [2.05, 4.69) is 5.32 Å². The van der Waals surface area contributed by atoms with Crippen molar-refractivity contribution in [2.45, 2.75) is 51.6 Å². The van der Waals surface area contributed by atoms with Crippen LogP contribution in [0.4, 0.5) is 0 Å². The molecule has 0 aromatic heterocycles. The molecule has 1 aliphatic rings. The summed E-state index contributed by atoms with van der Waals surface area (Å²) in [7, 11) is 0. The molecule has 3 atom stereocenters. The summed E-state index contributed by atoms with van der Waals surface area (Å²) in [5.41, 5.74) is 5.63. The first-order chi connectivity index (χ1) is 8.43. The molecular weight excluding hydrogens is 232 g/mol. The van der Waals surface area contributed by atoms with Crippen molar-refractivity contribution in [2.24, 2.45) is 17.6 Å². The van der Waals surface area contributed by atoms with E-state index in [0.29, 0.717) is 18.9 Å². The average molecular weight is 256 g/mol. The quantitative estimate of drug-likeness (QED) is 0.585. The summed E-state index contributed by atoms with van der Waals surface area (Å²) in [6, 6.07) is -0.338. The van der Waals surface area contributed by atoms with Gasteiger partial charge in [0, 0.05) is 6.04 Å². The average Bonchev–Trinajstić information content (AvgIpc) is 2.74. The van der Waals surface area contributed by atoms with Crippen molar-refractivity contribution in [1.29, 1.82) is 0 Å². The van der Waals surface area contributed by atoms with Crippen LogP contribution in [-0.4, -0.2) is 35.5 Å². The highest BCUT2D eigenvalue weighted by Gasteiger charge is 2.31. The summed E-state index contributed by atoms with van der Waals surface area (Å²) < 4.78 is 0. The van der Waals surface area contributed by atoms with E-state index in [9.17, 15) is 9.59 Å². The van der Waals surface area contributed by atoms with Crippen molar-refractivity contribution in [3.8, 4) is 0 Å². The number of rotatable bonds is 7. The molecule has 0 aromatic carbocycles. The number of carboxylic acid groups (broad SMARTS) is 1. The molecule has 0 spiro atoms. The van der Waals surface area contributed by atoms with Crippen molar-refractivity contribution in [2.75, 3.05) is 6.54 Å². The first-order valence-electron chi connectivity index (χ1n) is 6.67. The van der Waals surface area contributed by atoms with Crippen LogP contribution < -0.4 is 11.1 Å². The summed E-state index contributed by atoms with van der Waals surface area (Å²) in [6.07, 6.45) is 3.54. The number of hydrogen-bond acceptors (Lipinski definition) is 4. The zero-order valence-electron chi connectivity index (χ0n) is 11.2. The van der Waals surface area contributed by atoms with Gasteiger partial charge in [-0.05, 0) is 44.1 Å². The second kappa shape index (κ2) is 6.85. The number of carboxylic acids is 1. The van der Waals surface area contributed by atoms with Crippen LogP contribution >= 0.6 is 0 Å². The monoisotopic (exact) mass is 256 g/mol. The van der Waals surface area contributed by atoms with E-state index in [-0.39, 0.29) is 12.0 Å². The number of nitrogens with two attached hydrogens (primary N) is 1. The van der Waals surface area contributed by atoms with Gasteiger partial charge in [-0.2, -0.15) is 0 Å². The normalized spacial score (nSPS) is 25.3. The van der Waals surface area contributed by atoms with Gasteiger partial charge in [0.2, 0.25) is 0 Å². The van der Waals surface area contributed by atoms with Gasteiger partial charge in [0.25, 0.3) is 5.78 Å². The Bertz CT molecular complexity index is 305. The van der Waals surface area contributed by atoms with Crippen LogP contribution in [0.1, 0.15) is 39.5 Å². The van der Waals surface area contributed by atoms with Gasteiger partial charge in [-0.1, -0.05) is 13.8 Å². The van der Waals surface area contributed by atoms with E-state index in [0.717, 1.165) is 19.3 Å². The maximum Gasteiger partial charge on any atom is 0.373 e. The van der Waals surface area contributed by atoms with E-state index in [1.807, 2.05) is 13.8 Å². The van der Waals surface area contributed by atoms with Crippen LogP contribution in [0.15, 0.2) is 0 Å². The molecule has 1 rings (SSSR count). The summed E-state index contributed by atoms with van der Waals surface area (Å²) in [5.74, 6) is -1.28. The van der Waals surface area contributed by atoms with E-state index in [4.69, 9.17) is 10.8 Å². The molecule has 4 N–H and O–H groups in total. The highest BCUT2D eigenvalue weighted by atomic mass is 16.4. The molecule has 0 radical (unpaired) electrons. The topological polar surface area (TPSA) is 92.4 Å². The van der Waals surface area contributed by atoms with Crippen LogP contribution in [0, 0.1) is 11.8 Å². The Labute approximate surface area is 108 Å². The van der Waals surface area contributed by atoms with Crippen molar-refractivity contribution in [1.82, 2.24) is 5.32 Å². The van der Waals surface area contributed by atoms with Crippen molar-refractivity contribution >= 4 is 11.8 Å². The zero-order valence-corrected chi connectivity index (χ0v) is 11.2. The van der Waals surface area contributed by atoms with E-state index in [1.54, 1.807) is 0 Å². The standard InChI is InChI=1S/C13H24N2O3/c1-8(2)5-11(12(16)13(17)18)15-10-4-3-9(6-10)7-14/h8-11,15H,3-7,14H2,1-2H3,(H,17,18)/t9?,10?,11-/m0/s1. The Morgan fingerprint density at radius 3 is 2.50 bits per heavy atom. The minimum absolute atomic E-state index is 0.227. The van der Waals surface area contributed by atoms with E-state index < -0.39 is 17.8 Å². The fourth-order valence-electron chi connectivity index (χ4n) is 2.60. The molecule has 0 saturated heterocycles. The molecule has 2 unspecified atom stereocenters. The molecule has 0 amide bonds. The Morgan fingerprint density at radius 1 is 1.39 bits per heavy atom. The van der Waals surface area contributed by atoms with Crippen LogP contribution in [0.3, 0.4) is 0 Å². The van der Waals surface area contributed by atoms with Gasteiger partial charge >= 0.3 is 5.97 Å². The lowest BCUT2D eigenvalue weighted by Crippen LogP contribution is -2.46. The molecule has 0 heterocycles. The van der Waals surface area contributed by atoms with Crippen molar-refractivity contribution in [3.63, 3.8) is 0 Å². The van der Waals surface area contributed by atoms with Crippen LogP contribution in [0.25, 0.3) is 0 Å². The van der Waals surface area contributed by atoms with Gasteiger partial charge in [-0.15, -0.1) is 0 Å². The lowest BCUT2D eigenvalue weighted by atomic mass is 9.99. The number of nitrogens with one attached hydrogen (secondary N) is 1. The van der Waals surface area contributed by atoms with Gasteiger partial charge in [0.15, 0.2) is 0 Å². The van der Waals surface area contributed by atoms with Crippen molar-refractivity contribution in [3.05, 3.63) is 0 Å². The highest BCUT2D eigenvalue weighted by molar-refractivity contribution is 6.34. The maximum atomic E-state index is 11.6. The fourth-order valence-corrected chi connectivity index (χ4v) is 2.60. The first-order valence-corrected chi connectivity index (χ1v) is 6.67. The Kier molecular flexibility index (Phi) is 5.75. The first kappa shape index (κ1) is 15.1. The molecule has 104 valence electrons. The molecule has 0 aromatic rings. The molecule has 0 bridgehead atoms. The number of ketones is 1. The minimum Gasteiger partial charge on any atom is -0.475 e. The predicted octanol–water partition coefficient (Wildman–Crippen LogP) is 0.772. The summed E-state index contributed by atoms with van der Waals surface area (Å²) in [6.45, 7) is 4.64. The number of aliphatic carboxylic acids is 1. The molecule has 5 heteroatoms. The van der Waals surface area contributed by atoms with Crippen molar-refractivity contribution < 1.29 is 14.7 Å². The Hall–Kier alpha value is -0.940. The molecule has 5 nitrogen and oxygen atoms in total. The smallest absolute Gasteiger partial charge is 0.373 e. The number of carbonyl (C=O) groups excluding carboxylic acids is 1. The molecule has 0 aliphatic heterocycles. The second-order valence-corrected chi connectivity index (χ2v) is 5.63. The minimum atomic E-state index is -1.35. The van der Waals surface area contributed by atoms with Gasteiger partial charge in [-0.25, -0.2) is 4.79 Å². The van der Waals surface area contributed by atoms with Crippen LogP contribution in [0.5, 0.6) is 0 Å². The van der Waals surface area contributed by atoms with Gasteiger partial charge in [0.1, 0.15) is 0 Å². The third-order valence-electron chi connectivity index (χ3n) is 3.55. The van der Waals surface area contributed by atoms with Crippen LogP contribution in [-0.2, 0) is 9.59 Å². The summed E-state index contributed by atoms with van der Waals surface area (Å²) in [5, 5.41) is 12.0. The maximum absolute atomic E-state index is 11.6. The molecular formula is C13H24N2O3. The van der Waals surface area contributed by atoms with Gasteiger partial charge in [-0.3, -0.25) is 4.79 Å². The number of carbonyl (C=O) groups is 2. The fraction of sp³-hybridized carbons (Fsp3) is 0.846. The molecule has 1 saturated carbocycles. The molecule has 18 heavy (non-hydrogen) atoms. The highest BCUT2D eigenvalue weighted by Crippen LogP contribution is 2.25. The Balaban J connectivity index is 2.56. The number of Topliss-reactive ketones (excluding diaryl/α,β-unsaturated/α-hetero) is 1. The van der Waals surface area contributed by atoms with E-state index in [1.165, 1.54) is 0 Å². The van der Waals surface area contributed by atoms with E-state index >= 15 is 0 Å². The lowest BCUT2D eigenvalue weighted by molar-refractivity contribution is -0.150. The van der Waals surface area contributed by atoms with Gasteiger partial charge in [0.05, 0.1) is 6.04 Å².